The zero-order chi connectivity index (χ0) is 3.58. The maximum Gasteiger partial charge on any atom is 0.318 e. The Morgan fingerprint density at radius 2 is 1.50 bits per heavy atom. The van der Waals surface area contributed by atoms with E-state index in [1.54, 1.807) is 6.92 Å². The number of rotatable bonds is 0. The van der Waals surface area contributed by atoms with E-state index in [2.05, 4.69) is 0 Å². The van der Waals surface area contributed by atoms with Crippen LogP contribution in [-0.2, 0) is 4.79 Å². The third kappa shape index (κ3) is 59.7. The molecule has 0 aliphatic heterocycles. The standard InChI is InChI=1S/C2H3O.3Al.8H/c1-2-3;;;;;;;;;;;/h1H3;;;;;;;;;;;. The van der Waals surface area contributed by atoms with E-state index in [1.165, 1.54) is 0 Å². The van der Waals surface area contributed by atoms with Gasteiger partial charge in [0.15, 0.2) is 34.7 Å². The lowest BCUT2D eigenvalue weighted by atomic mass is 10.9. The number of carbonyl (C=O) groups excluding carboxylic acids is 1. The van der Waals surface area contributed by atoms with Crippen LogP contribution in [0.1, 0.15) is 6.92 Å². The van der Waals surface area contributed by atoms with Crippen molar-refractivity contribution in [3.05, 3.63) is 0 Å². The monoisotopic (exact) mass is 132 g/mol. The minimum atomic E-state index is 0. The van der Waals surface area contributed by atoms with Crippen molar-refractivity contribution in [2.75, 3.05) is 0 Å². The lowest BCUT2D eigenvalue weighted by Gasteiger charge is -1.55. The van der Waals surface area contributed by atoms with Gasteiger partial charge in [-0.05, 0) is 6.92 Å². The molecular formula is C2H11Al3O. The second kappa shape index (κ2) is 9.55. The highest BCUT2D eigenvalue weighted by atomic mass is 27.0. The van der Waals surface area contributed by atoms with Crippen molar-refractivity contribution in [3.63, 3.8) is 0 Å². The van der Waals surface area contributed by atoms with E-state index in [9.17, 15) is 4.79 Å². The summed E-state index contributed by atoms with van der Waals surface area (Å²) in [6, 6.07) is 0. The molecule has 0 saturated heterocycles. The van der Waals surface area contributed by atoms with Crippen LogP contribution in [0.15, 0.2) is 0 Å². The summed E-state index contributed by atoms with van der Waals surface area (Å²) in [5, 5.41) is 0. The van der Waals surface area contributed by atoms with Crippen LogP contribution >= 0.6 is 0 Å². The Morgan fingerprint density at radius 1 is 1.50 bits per heavy atom. The summed E-state index contributed by atoms with van der Waals surface area (Å²) in [7, 11) is 0. The number of hydrogen-bond donors (Lipinski definition) is 0. The first-order chi connectivity index (χ1) is 1.73. The maximum absolute atomic E-state index is 9.51. The van der Waals surface area contributed by atoms with Crippen molar-refractivity contribution in [2.24, 2.45) is 0 Å². The van der Waals surface area contributed by atoms with E-state index in [1.807, 2.05) is 0 Å². The third-order valence-corrected chi connectivity index (χ3v) is 0. The Labute approximate surface area is 67.2 Å². The summed E-state index contributed by atoms with van der Waals surface area (Å²) in [6.07, 6.45) is 0. The smallest absolute Gasteiger partial charge is 0.318 e. The second-order valence-corrected chi connectivity index (χ2v) is 2.32. The average Bonchev–Trinajstić information content (AvgIpc) is 0.811. The SMILES string of the molecule is C[C](=O)[AlH2].[AlH3].[AlH3]. The van der Waals surface area contributed by atoms with Gasteiger partial charge in [-0.1, -0.05) is 0 Å². The van der Waals surface area contributed by atoms with Gasteiger partial charge in [0.1, 0.15) is 0 Å². The fourth-order valence-corrected chi connectivity index (χ4v) is 0. The number of carbonyl (C=O) groups is 1. The van der Waals surface area contributed by atoms with Crippen LogP contribution in [0, 0.1) is 0 Å². The van der Waals surface area contributed by atoms with Crippen molar-refractivity contribution >= 4 is 55.7 Å². The average molecular weight is 132 g/mol. The molecule has 0 bridgehead atoms. The second-order valence-electron chi connectivity index (χ2n) is 0.908. The molecule has 0 spiro atoms. The molecule has 0 amide bonds. The largest absolute Gasteiger partial charge is 0.322 e. The van der Waals surface area contributed by atoms with Crippen LogP contribution in [0.2, 0.25) is 0 Å². The highest BCUT2D eigenvalue weighted by molar-refractivity contribution is 6.56. The van der Waals surface area contributed by atoms with Crippen molar-refractivity contribution in [2.45, 2.75) is 6.92 Å². The molecule has 1 nitrogen and oxygen atoms in total. The van der Waals surface area contributed by atoms with Gasteiger partial charge < -0.3 is 4.79 Å². The zero-order valence-corrected chi connectivity index (χ0v) is 4.91. The Balaban J connectivity index is -0.0000000450. The molecule has 0 aromatic heterocycles. The molecule has 0 aliphatic carbocycles. The van der Waals surface area contributed by atoms with Gasteiger partial charge in [0, 0.05) is 4.65 Å². The maximum atomic E-state index is 9.51. The molecular weight excluding hydrogens is 121 g/mol. The summed E-state index contributed by atoms with van der Waals surface area (Å²) in [5.74, 6) is 0. The molecule has 0 aromatic rings. The van der Waals surface area contributed by atoms with Gasteiger partial charge in [-0.25, -0.2) is 0 Å². The number of hydrogen-bond acceptors (Lipinski definition) is 1. The van der Waals surface area contributed by atoms with E-state index < -0.39 is 0 Å². The molecule has 34 valence electrons. The summed E-state index contributed by atoms with van der Waals surface area (Å²) < 4.78 is 0.306. The Morgan fingerprint density at radius 3 is 1.50 bits per heavy atom. The lowest BCUT2D eigenvalue weighted by molar-refractivity contribution is -0.109. The first kappa shape index (κ1) is 15.7. The zero-order valence-electron chi connectivity index (χ0n) is 2.91. The van der Waals surface area contributed by atoms with Crippen molar-refractivity contribution < 1.29 is 4.79 Å². The van der Waals surface area contributed by atoms with E-state index in [4.69, 9.17) is 0 Å². The predicted molar refractivity (Wildman–Crippen MR) is 39.1 cm³/mol. The van der Waals surface area contributed by atoms with Crippen molar-refractivity contribution in [3.8, 4) is 0 Å². The summed E-state index contributed by atoms with van der Waals surface area (Å²) in [5.41, 5.74) is 0. The quantitative estimate of drug-likeness (QED) is 0.317. The molecule has 0 rings (SSSR count). The van der Waals surface area contributed by atoms with Gasteiger partial charge in [0.05, 0.1) is 0 Å². The van der Waals surface area contributed by atoms with Crippen LogP contribution in [0.3, 0.4) is 0 Å². The summed E-state index contributed by atoms with van der Waals surface area (Å²) >= 11 is 0.710. The molecule has 0 N–H and O–H groups in total. The normalized spacial score (nSPS) is 4.17. The Bertz CT molecular complexity index is 31.8. The molecule has 0 atom stereocenters. The van der Waals surface area contributed by atoms with E-state index in [0.717, 1.165) is 0 Å². The Hall–Kier alpha value is 1.27. The minimum absolute atomic E-state index is 0. The van der Waals surface area contributed by atoms with Gasteiger partial charge in [-0.2, -0.15) is 0 Å². The molecule has 0 radical (unpaired) electrons. The van der Waals surface area contributed by atoms with Gasteiger partial charge in [-0.15, -0.1) is 0 Å². The van der Waals surface area contributed by atoms with Crippen LogP contribution in [-0.4, -0.2) is 55.7 Å². The first-order valence-electron chi connectivity index (χ1n) is 1.20. The van der Waals surface area contributed by atoms with Gasteiger partial charge in [-0.3, -0.25) is 0 Å². The minimum Gasteiger partial charge on any atom is -0.322 e. The van der Waals surface area contributed by atoms with Gasteiger partial charge >= 0.3 is 16.3 Å². The van der Waals surface area contributed by atoms with E-state index in [-0.39, 0.29) is 34.7 Å². The van der Waals surface area contributed by atoms with E-state index >= 15 is 0 Å². The van der Waals surface area contributed by atoms with Crippen molar-refractivity contribution in [1.82, 2.24) is 0 Å². The first-order valence-corrected chi connectivity index (χ1v) is 2.20. The molecule has 0 saturated carbocycles. The molecule has 6 heavy (non-hydrogen) atoms. The topological polar surface area (TPSA) is 17.1 Å². The van der Waals surface area contributed by atoms with Gasteiger partial charge in [0.2, 0.25) is 0 Å². The molecule has 0 aliphatic rings. The predicted octanol–water partition coefficient (Wildman–Crippen LogP) is -3.20. The van der Waals surface area contributed by atoms with Crippen LogP contribution in [0.25, 0.3) is 0 Å². The Kier molecular flexibility index (Phi) is 24.9. The molecule has 0 fully saturated rings. The van der Waals surface area contributed by atoms with Gasteiger partial charge in [0.25, 0.3) is 0 Å². The van der Waals surface area contributed by atoms with Crippen LogP contribution in [0.4, 0.5) is 0 Å². The summed E-state index contributed by atoms with van der Waals surface area (Å²) in [6.45, 7) is 1.59. The summed E-state index contributed by atoms with van der Waals surface area (Å²) in [4.78, 5) is 9.51. The molecule has 0 unspecified atom stereocenters. The van der Waals surface area contributed by atoms with Crippen molar-refractivity contribution in [1.29, 1.82) is 0 Å². The van der Waals surface area contributed by atoms with Crippen LogP contribution < -0.4 is 0 Å². The van der Waals surface area contributed by atoms with Crippen LogP contribution in [0.5, 0.6) is 0 Å². The molecule has 4 heteroatoms. The molecule has 0 heterocycles. The fourth-order valence-electron chi connectivity index (χ4n) is 0. The van der Waals surface area contributed by atoms with E-state index in [0.29, 0.717) is 20.9 Å². The highest BCUT2D eigenvalue weighted by Gasteiger charge is 1.65. The lowest BCUT2D eigenvalue weighted by Crippen LogP contribution is -1.80. The fraction of sp³-hybridized carbons (Fsp3) is 0.500. The molecule has 0 aromatic carbocycles. The third-order valence-electron chi connectivity index (χ3n) is 0. The highest BCUT2D eigenvalue weighted by Crippen LogP contribution is 1.40.